The van der Waals surface area contributed by atoms with Gasteiger partial charge in [0.2, 0.25) is 11.6 Å². The highest BCUT2D eigenvalue weighted by Gasteiger charge is 2.24. The van der Waals surface area contributed by atoms with Gasteiger partial charge in [-0.2, -0.15) is 4.68 Å². The Balaban J connectivity index is 2.25. The molecule has 3 N–H and O–H groups in total. The fourth-order valence-corrected chi connectivity index (χ4v) is 1.88. The number of aryl methyl sites for hydroxylation is 1. The molecule has 0 bridgehead atoms. The minimum absolute atomic E-state index is 0.00907. The first-order chi connectivity index (χ1) is 10.1. The number of hydrogen-bond donors (Lipinski definition) is 2. The van der Waals surface area contributed by atoms with Crippen LogP contribution in [0.1, 0.15) is 16.1 Å². The van der Waals surface area contributed by atoms with Crippen LogP contribution in [0.15, 0.2) is 28.9 Å². The van der Waals surface area contributed by atoms with Crippen LogP contribution >= 0.6 is 0 Å². The maximum Gasteiger partial charge on any atom is 0.358 e. The molecule has 2 aromatic heterocycles. The number of nitrogens with zero attached hydrogens (tertiary/aromatic N) is 5. The van der Waals surface area contributed by atoms with Crippen LogP contribution in [0.25, 0.3) is 17.1 Å². The van der Waals surface area contributed by atoms with Crippen LogP contribution in [0.4, 0.5) is 5.82 Å². The molecule has 0 radical (unpaired) electrons. The maximum absolute atomic E-state index is 11.3. The summed E-state index contributed by atoms with van der Waals surface area (Å²) in [6, 6.07) is 7.23. The van der Waals surface area contributed by atoms with Gasteiger partial charge in [-0.3, -0.25) is 0 Å². The van der Waals surface area contributed by atoms with E-state index in [0.717, 1.165) is 5.56 Å². The predicted molar refractivity (Wildman–Crippen MR) is 70.8 cm³/mol. The lowest BCUT2D eigenvalue weighted by Crippen LogP contribution is -2.05. The number of carboxylic acid groups (broad SMARTS) is 1. The van der Waals surface area contributed by atoms with E-state index in [2.05, 4.69) is 25.3 Å². The Morgan fingerprint density at radius 3 is 2.57 bits per heavy atom. The van der Waals surface area contributed by atoms with Crippen molar-refractivity contribution in [2.75, 3.05) is 5.73 Å². The van der Waals surface area contributed by atoms with Crippen molar-refractivity contribution in [3.05, 3.63) is 35.5 Å². The van der Waals surface area contributed by atoms with Crippen LogP contribution in [0, 0.1) is 6.92 Å². The molecule has 106 valence electrons. The van der Waals surface area contributed by atoms with Crippen molar-refractivity contribution in [2.45, 2.75) is 6.92 Å². The van der Waals surface area contributed by atoms with Gasteiger partial charge in [0.05, 0.1) is 0 Å². The highest BCUT2D eigenvalue weighted by molar-refractivity contribution is 5.93. The number of carbonyl (C=O) groups is 1. The second kappa shape index (κ2) is 4.71. The van der Waals surface area contributed by atoms with Gasteiger partial charge >= 0.3 is 5.97 Å². The molecular formula is C12H10N6O3. The molecule has 0 spiro atoms. The van der Waals surface area contributed by atoms with Crippen molar-refractivity contribution in [3.8, 4) is 17.1 Å². The van der Waals surface area contributed by atoms with E-state index in [9.17, 15) is 9.90 Å². The van der Waals surface area contributed by atoms with Crippen molar-refractivity contribution >= 4 is 11.8 Å². The van der Waals surface area contributed by atoms with E-state index < -0.39 is 5.97 Å². The summed E-state index contributed by atoms with van der Waals surface area (Å²) in [4.78, 5) is 11.3. The van der Waals surface area contributed by atoms with Gasteiger partial charge in [0.15, 0.2) is 5.69 Å². The summed E-state index contributed by atoms with van der Waals surface area (Å²) in [6.07, 6.45) is 0. The van der Waals surface area contributed by atoms with Gasteiger partial charge in [0, 0.05) is 5.56 Å². The third-order valence-corrected chi connectivity index (χ3v) is 2.89. The summed E-state index contributed by atoms with van der Waals surface area (Å²) >= 11 is 0. The summed E-state index contributed by atoms with van der Waals surface area (Å²) in [7, 11) is 0. The zero-order chi connectivity index (χ0) is 15.0. The van der Waals surface area contributed by atoms with Crippen molar-refractivity contribution in [3.63, 3.8) is 0 Å². The van der Waals surface area contributed by atoms with Crippen molar-refractivity contribution < 1.29 is 14.5 Å². The van der Waals surface area contributed by atoms with Gasteiger partial charge in [-0.1, -0.05) is 35.0 Å². The first-order valence-electron chi connectivity index (χ1n) is 5.92. The Bertz CT molecular complexity index is 805. The molecule has 2 heterocycles. The lowest BCUT2D eigenvalue weighted by molar-refractivity contribution is 0.0691. The van der Waals surface area contributed by atoms with E-state index in [1.807, 2.05) is 19.1 Å². The van der Waals surface area contributed by atoms with Crippen LogP contribution in [0.2, 0.25) is 0 Å². The molecule has 0 saturated heterocycles. The zero-order valence-electron chi connectivity index (χ0n) is 10.9. The number of nitrogen functional groups attached to an aromatic ring is 1. The van der Waals surface area contributed by atoms with Crippen molar-refractivity contribution in [2.24, 2.45) is 0 Å². The second-order valence-corrected chi connectivity index (χ2v) is 4.34. The van der Waals surface area contributed by atoms with Gasteiger partial charge in [-0.25, -0.2) is 9.42 Å². The van der Waals surface area contributed by atoms with Crippen molar-refractivity contribution in [1.29, 1.82) is 0 Å². The third kappa shape index (κ3) is 2.10. The minimum Gasteiger partial charge on any atom is -0.476 e. The first-order valence-corrected chi connectivity index (χ1v) is 5.92. The SMILES string of the molecule is Cc1ccc(-c2c(C(=O)O)nnn2-c2nonc2N)cc1. The number of carboxylic acids is 1. The minimum atomic E-state index is -1.20. The molecule has 0 fully saturated rings. The van der Waals surface area contributed by atoms with Crippen LogP contribution in [-0.4, -0.2) is 36.4 Å². The molecule has 0 atom stereocenters. The highest BCUT2D eigenvalue weighted by Crippen LogP contribution is 2.26. The number of nitrogens with two attached hydrogens (primary N) is 1. The molecule has 3 aromatic rings. The lowest BCUT2D eigenvalue weighted by Gasteiger charge is -2.04. The second-order valence-electron chi connectivity index (χ2n) is 4.34. The maximum atomic E-state index is 11.3. The predicted octanol–water partition coefficient (Wildman–Crippen LogP) is 0.906. The number of aromatic nitrogens is 5. The summed E-state index contributed by atoms with van der Waals surface area (Å²) in [6.45, 7) is 1.93. The van der Waals surface area contributed by atoms with E-state index in [1.165, 1.54) is 4.68 Å². The molecule has 0 aliphatic rings. The summed E-state index contributed by atoms with van der Waals surface area (Å²) < 4.78 is 5.71. The van der Waals surface area contributed by atoms with Gasteiger partial charge in [0.1, 0.15) is 5.69 Å². The summed E-state index contributed by atoms with van der Waals surface area (Å²) in [5, 5.41) is 23.8. The molecule has 0 aliphatic carbocycles. The standard InChI is InChI=1S/C12H10N6O3/c1-6-2-4-7(5-3-6)9-8(12(19)20)14-17-18(9)11-10(13)15-21-16-11/h2-5H,1H3,(H2,13,15)(H,19,20). The molecule has 0 saturated carbocycles. The van der Waals surface area contributed by atoms with Crippen LogP contribution in [0.3, 0.4) is 0 Å². The molecule has 0 aliphatic heterocycles. The van der Waals surface area contributed by atoms with Crippen LogP contribution in [-0.2, 0) is 0 Å². The Hall–Kier alpha value is -3.23. The Morgan fingerprint density at radius 2 is 2.00 bits per heavy atom. The average molecular weight is 286 g/mol. The van der Waals surface area contributed by atoms with E-state index in [0.29, 0.717) is 5.56 Å². The summed E-state index contributed by atoms with van der Waals surface area (Å²) in [5.74, 6) is -1.12. The largest absolute Gasteiger partial charge is 0.476 e. The normalized spacial score (nSPS) is 10.7. The van der Waals surface area contributed by atoms with E-state index in [4.69, 9.17) is 5.73 Å². The third-order valence-electron chi connectivity index (χ3n) is 2.89. The van der Waals surface area contributed by atoms with Gasteiger partial charge in [-0.05, 0) is 17.2 Å². The highest BCUT2D eigenvalue weighted by atomic mass is 16.6. The van der Waals surface area contributed by atoms with Gasteiger partial charge in [-0.15, -0.1) is 5.10 Å². The fraction of sp³-hybridized carbons (Fsp3) is 0.0833. The molecule has 1 aromatic carbocycles. The number of hydrogen-bond acceptors (Lipinski definition) is 7. The molecule has 0 unspecified atom stereocenters. The van der Waals surface area contributed by atoms with Crippen LogP contribution < -0.4 is 5.73 Å². The number of rotatable bonds is 3. The smallest absolute Gasteiger partial charge is 0.358 e. The monoisotopic (exact) mass is 286 g/mol. The van der Waals surface area contributed by atoms with Crippen molar-refractivity contribution in [1.82, 2.24) is 25.3 Å². The number of benzene rings is 1. The molecule has 9 heteroatoms. The molecule has 3 rings (SSSR count). The topological polar surface area (TPSA) is 133 Å². The quantitative estimate of drug-likeness (QED) is 0.725. The number of anilines is 1. The number of aromatic carboxylic acids is 1. The zero-order valence-corrected chi connectivity index (χ0v) is 10.9. The molecule has 0 amide bonds. The lowest BCUT2D eigenvalue weighted by atomic mass is 10.1. The van der Waals surface area contributed by atoms with E-state index >= 15 is 0 Å². The average Bonchev–Trinajstić information content (AvgIpc) is 3.05. The molecule has 9 nitrogen and oxygen atoms in total. The molecular weight excluding hydrogens is 276 g/mol. The Kier molecular flexibility index (Phi) is 2.87. The van der Waals surface area contributed by atoms with Crippen LogP contribution in [0.5, 0.6) is 0 Å². The Morgan fingerprint density at radius 1 is 1.29 bits per heavy atom. The first kappa shape index (κ1) is 12.8. The summed E-state index contributed by atoms with van der Waals surface area (Å²) in [5.41, 5.74) is 7.33. The van der Waals surface area contributed by atoms with E-state index in [1.54, 1.807) is 12.1 Å². The Labute approximate surface area is 118 Å². The van der Waals surface area contributed by atoms with E-state index in [-0.39, 0.29) is 23.0 Å². The molecule has 21 heavy (non-hydrogen) atoms. The van der Waals surface area contributed by atoms with Gasteiger partial charge < -0.3 is 10.8 Å². The fourth-order valence-electron chi connectivity index (χ4n) is 1.88. The van der Waals surface area contributed by atoms with Gasteiger partial charge in [0.25, 0.3) is 0 Å².